The average molecular weight is 486 g/mol. The van der Waals surface area contributed by atoms with Crippen molar-refractivity contribution in [3.63, 3.8) is 0 Å². The number of carboxylic acid groups (broad SMARTS) is 6. The monoisotopic (exact) mass is 486 g/mol. The van der Waals surface area contributed by atoms with E-state index >= 15 is 0 Å². The molecule has 0 saturated heterocycles. The summed E-state index contributed by atoms with van der Waals surface area (Å²) in [5, 5.41) is 57.0. The second-order valence-electron chi connectivity index (χ2n) is 3.73. The quantitative estimate of drug-likeness (QED) is 0.276. The van der Waals surface area contributed by atoms with Crippen LogP contribution in [0.5, 0.6) is 0 Å². The molecule has 0 aromatic carbocycles. The van der Waals surface area contributed by atoms with Crippen LogP contribution in [0.15, 0.2) is 0 Å². The summed E-state index contributed by atoms with van der Waals surface area (Å²) < 4.78 is 0. The topological polar surface area (TPSA) is 241 Å². The summed E-state index contributed by atoms with van der Waals surface area (Å²) in [5.41, 5.74) is 0. The van der Waals surface area contributed by atoms with Gasteiger partial charge in [0.25, 0.3) is 0 Å². The molecule has 0 rings (SSSR count). The van der Waals surface area contributed by atoms with Crippen molar-refractivity contribution in [1.29, 1.82) is 0 Å². The van der Waals surface area contributed by atoms with Gasteiger partial charge in [-0.15, -0.1) is 0 Å². The van der Waals surface area contributed by atoms with Gasteiger partial charge in [0.15, 0.2) is 0 Å². The fraction of sp³-hybridized carbons (Fsp3) is 0.500. The zero-order chi connectivity index (χ0) is 19.7. The first kappa shape index (κ1) is 58.6. The van der Waals surface area contributed by atoms with Crippen molar-refractivity contribution in [1.82, 2.24) is 0 Å². The molecule has 0 aliphatic carbocycles. The third-order valence-electron chi connectivity index (χ3n) is 1.60. The number of hydrogen-bond donors (Lipinski definition) is 0. The molecule has 0 fully saturated rings. The van der Waals surface area contributed by atoms with Crippen LogP contribution < -0.4 is 208 Å². The third-order valence-corrected chi connectivity index (χ3v) is 1.60. The molecule has 30 heavy (non-hydrogen) atoms. The number of hydrogen-bond acceptors (Lipinski definition) is 12. The standard InChI is InChI=1S/3C4H6O4.6Na/c3*5-3(6)1-2-4(7)8;;;;;;/h3*1-2H2,(H,5,6)(H,7,8);;;;;;/q;;;6*+1/p-6. The van der Waals surface area contributed by atoms with Crippen molar-refractivity contribution in [2.24, 2.45) is 0 Å². The maximum atomic E-state index is 9.50. The van der Waals surface area contributed by atoms with Crippen LogP contribution in [-0.4, -0.2) is 35.8 Å². The minimum absolute atomic E-state index is 0. The predicted octanol–water partition coefficient (Wildman–Crippen LogP) is -26.2. The number of aliphatic carboxylic acids is 6. The van der Waals surface area contributed by atoms with Crippen LogP contribution in [-0.2, 0) is 28.8 Å². The molecule has 0 aliphatic heterocycles. The fourth-order valence-electron chi connectivity index (χ4n) is 0.612. The Balaban J connectivity index is -0.0000000286. The number of rotatable bonds is 9. The molecule has 0 heterocycles. The third kappa shape index (κ3) is 86.3. The van der Waals surface area contributed by atoms with E-state index in [9.17, 15) is 59.4 Å². The van der Waals surface area contributed by atoms with E-state index in [-0.39, 0.29) is 177 Å². The summed E-state index contributed by atoms with van der Waals surface area (Å²) in [5.74, 6) is -8.20. The molecular formula is C12H12Na6O12. The molecule has 0 spiro atoms. The van der Waals surface area contributed by atoms with E-state index in [0.717, 1.165) is 0 Å². The summed E-state index contributed by atoms with van der Waals surface area (Å²) in [6.07, 6.45) is -2.82. The molecule has 0 saturated carbocycles. The van der Waals surface area contributed by atoms with Crippen LogP contribution in [0.2, 0.25) is 0 Å². The summed E-state index contributed by atoms with van der Waals surface area (Å²) >= 11 is 0. The largest absolute Gasteiger partial charge is 1.00 e. The minimum atomic E-state index is -1.37. The van der Waals surface area contributed by atoms with E-state index in [1.807, 2.05) is 0 Å². The molecule has 0 aromatic heterocycles. The van der Waals surface area contributed by atoms with Crippen LogP contribution in [0, 0.1) is 0 Å². The van der Waals surface area contributed by atoms with Crippen LogP contribution in [0.3, 0.4) is 0 Å². The van der Waals surface area contributed by atoms with Gasteiger partial charge in [0.2, 0.25) is 0 Å². The Morgan fingerprint density at radius 3 is 0.400 bits per heavy atom. The van der Waals surface area contributed by atoms with Gasteiger partial charge >= 0.3 is 177 Å². The van der Waals surface area contributed by atoms with E-state index in [1.165, 1.54) is 0 Å². The van der Waals surface area contributed by atoms with Gasteiger partial charge in [-0.2, -0.15) is 0 Å². The first-order valence-corrected chi connectivity index (χ1v) is 6.07. The Labute approximate surface area is 305 Å². The molecule has 0 bridgehead atoms. The molecule has 18 heteroatoms. The molecule has 0 aromatic rings. The molecule has 0 atom stereocenters. The van der Waals surface area contributed by atoms with Crippen molar-refractivity contribution < 1.29 is 237 Å². The second-order valence-corrected chi connectivity index (χ2v) is 3.73. The number of carbonyl (C=O) groups excluding carboxylic acids is 6. The van der Waals surface area contributed by atoms with Crippen molar-refractivity contribution in [3.05, 3.63) is 0 Å². The summed E-state index contributed by atoms with van der Waals surface area (Å²) in [4.78, 5) is 57.0. The Hall–Kier alpha value is 2.82. The van der Waals surface area contributed by atoms with E-state index in [0.29, 0.717) is 0 Å². The van der Waals surface area contributed by atoms with Crippen LogP contribution in [0.25, 0.3) is 0 Å². The summed E-state index contributed by atoms with van der Waals surface area (Å²) in [7, 11) is 0. The van der Waals surface area contributed by atoms with E-state index in [2.05, 4.69) is 0 Å². The van der Waals surface area contributed by atoms with Crippen molar-refractivity contribution in [2.45, 2.75) is 38.5 Å². The van der Waals surface area contributed by atoms with Gasteiger partial charge in [-0.3, -0.25) is 0 Å². The van der Waals surface area contributed by atoms with Crippen molar-refractivity contribution >= 4 is 35.8 Å². The Bertz CT molecular complexity index is 366. The maximum Gasteiger partial charge on any atom is 1.00 e. The van der Waals surface area contributed by atoms with Gasteiger partial charge in [0.05, 0.1) is 0 Å². The van der Waals surface area contributed by atoms with Crippen LogP contribution >= 0.6 is 0 Å². The summed E-state index contributed by atoms with van der Waals surface area (Å²) in [6.45, 7) is 0. The zero-order valence-electron chi connectivity index (χ0n) is 18.1. The van der Waals surface area contributed by atoms with Gasteiger partial charge in [0, 0.05) is 35.8 Å². The van der Waals surface area contributed by atoms with Gasteiger partial charge in [0.1, 0.15) is 0 Å². The van der Waals surface area contributed by atoms with Gasteiger partial charge in [-0.05, 0) is 38.5 Å². The van der Waals surface area contributed by atoms with Gasteiger partial charge in [-0.1, -0.05) is 0 Å². The molecule has 0 aliphatic rings. The normalized spacial score (nSPS) is 6.80. The minimum Gasteiger partial charge on any atom is -0.550 e. The maximum absolute atomic E-state index is 9.50. The van der Waals surface area contributed by atoms with E-state index in [4.69, 9.17) is 0 Å². The molecular weight excluding hydrogens is 474 g/mol. The molecule has 0 amide bonds. The smallest absolute Gasteiger partial charge is 0.550 e. The van der Waals surface area contributed by atoms with E-state index in [1.54, 1.807) is 0 Å². The first-order valence-electron chi connectivity index (χ1n) is 6.07. The zero-order valence-corrected chi connectivity index (χ0v) is 30.1. The first-order chi connectivity index (χ1) is 10.9. The van der Waals surface area contributed by atoms with Crippen molar-refractivity contribution in [2.75, 3.05) is 0 Å². The number of carbonyl (C=O) groups is 6. The Kier molecular flexibility index (Phi) is 82.0. The van der Waals surface area contributed by atoms with Crippen LogP contribution in [0.4, 0.5) is 0 Å². The van der Waals surface area contributed by atoms with E-state index < -0.39 is 74.3 Å². The number of carboxylic acids is 6. The van der Waals surface area contributed by atoms with Crippen molar-refractivity contribution in [3.8, 4) is 0 Å². The molecule has 138 valence electrons. The van der Waals surface area contributed by atoms with Gasteiger partial charge in [-0.25, -0.2) is 0 Å². The van der Waals surface area contributed by atoms with Crippen LogP contribution in [0.1, 0.15) is 38.5 Å². The SMILES string of the molecule is O=C([O-])CCC(=O)[O-].O=C([O-])CCC(=O)[O-].O=C([O-])CCC(=O)[O-].[Na+].[Na+].[Na+].[Na+].[Na+].[Na+]. The molecule has 0 N–H and O–H groups in total. The predicted molar refractivity (Wildman–Crippen MR) is 57.7 cm³/mol. The average Bonchev–Trinajstić information content (AvgIpc) is 2.42. The Morgan fingerprint density at radius 1 is 0.300 bits per heavy atom. The molecule has 12 nitrogen and oxygen atoms in total. The molecule has 0 unspecified atom stereocenters. The fourth-order valence-corrected chi connectivity index (χ4v) is 0.612. The second kappa shape index (κ2) is 42.0. The Morgan fingerprint density at radius 2 is 0.367 bits per heavy atom. The summed E-state index contributed by atoms with van der Waals surface area (Å²) in [6, 6.07) is 0. The van der Waals surface area contributed by atoms with Gasteiger partial charge < -0.3 is 59.4 Å². The molecule has 0 radical (unpaired) electrons.